The number of amides is 2. The summed E-state index contributed by atoms with van der Waals surface area (Å²) in [7, 11) is 0. The first-order valence-electron chi connectivity index (χ1n) is 8.59. The van der Waals surface area contributed by atoms with Crippen LogP contribution in [0.25, 0.3) is 0 Å². The SMILES string of the molecule is C[C@H]1[C@@H](c2ccc(F)c(F)c2O)[C@H](C(=O)Nc2ccnc(C(N)=O)c2)O[C@@H]1C. The van der Waals surface area contributed by atoms with Crippen LogP contribution in [-0.2, 0) is 9.53 Å². The van der Waals surface area contributed by atoms with E-state index in [1.807, 2.05) is 0 Å². The zero-order valence-electron chi connectivity index (χ0n) is 15.1. The molecule has 3 rings (SSSR count). The Bertz CT molecular complexity index is 937. The van der Waals surface area contributed by atoms with Crippen LogP contribution in [0.15, 0.2) is 30.5 Å². The van der Waals surface area contributed by atoms with Gasteiger partial charge >= 0.3 is 0 Å². The molecule has 1 aromatic carbocycles. The summed E-state index contributed by atoms with van der Waals surface area (Å²) in [6.07, 6.45) is -0.118. The quantitative estimate of drug-likeness (QED) is 0.740. The smallest absolute Gasteiger partial charge is 0.267 e. The summed E-state index contributed by atoms with van der Waals surface area (Å²) < 4.78 is 33.0. The maximum atomic E-state index is 13.8. The lowest BCUT2D eigenvalue weighted by Gasteiger charge is -2.22. The number of benzene rings is 1. The minimum absolute atomic E-state index is 0.0262. The number of aromatic hydroxyl groups is 1. The number of primary amides is 1. The third kappa shape index (κ3) is 3.53. The van der Waals surface area contributed by atoms with Crippen LogP contribution < -0.4 is 11.1 Å². The van der Waals surface area contributed by atoms with E-state index in [0.29, 0.717) is 0 Å². The number of phenols is 1. The highest BCUT2D eigenvalue weighted by Crippen LogP contribution is 2.44. The number of ether oxygens (including phenoxy) is 1. The molecule has 2 amide bonds. The number of rotatable bonds is 4. The van der Waals surface area contributed by atoms with Crippen LogP contribution in [0.5, 0.6) is 5.75 Å². The van der Waals surface area contributed by atoms with Crippen LogP contribution in [0.1, 0.15) is 35.8 Å². The molecule has 1 aliphatic heterocycles. The molecule has 1 fully saturated rings. The number of hydrogen-bond donors (Lipinski definition) is 3. The Balaban J connectivity index is 1.91. The fourth-order valence-electron chi connectivity index (χ4n) is 3.36. The van der Waals surface area contributed by atoms with Gasteiger partial charge in [-0.1, -0.05) is 13.0 Å². The minimum Gasteiger partial charge on any atom is -0.505 e. The summed E-state index contributed by atoms with van der Waals surface area (Å²) in [4.78, 5) is 27.8. The molecule has 7 nitrogen and oxygen atoms in total. The monoisotopic (exact) mass is 391 g/mol. The second kappa shape index (κ2) is 7.51. The molecule has 1 saturated heterocycles. The lowest BCUT2D eigenvalue weighted by molar-refractivity contribution is -0.127. The van der Waals surface area contributed by atoms with Crippen LogP contribution in [0, 0.1) is 17.6 Å². The Morgan fingerprint density at radius 1 is 1.25 bits per heavy atom. The van der Waals surface area contributed by atoms with E-state index < -0.39 is 41.2 Å². The fraction of sp³-hybridized carbons (Fsp3) is 0.316. The normalized spacial score (nSPS) is 24.1. The van der Waals surface area contributed by atoms with Crippen LogP contribution in [0.4, 0.5) is 14.5 Å². The summed E-state index contributed by atoms with van der Waals surface area (Å²) in [5.41, 5.74) is 5.52. The van der Waals surface area contributed by atoms with Gasteiger partial charge in [0.25, 0.3) is 11.8 Å². The Kier molecular flexibility index (Phi) is 5.28. The molecule has 0 spiro atoms. The van der Waals surface area contributed by atoms with Gasteiger partial charge in [0.15, 0.2) is 11.6 Å². The molecule has 4 atom stereocenters. The van der Waals surface area contributed by atoms with Crippen LogP contribution in [-0.4, -0.2) is 34.1 Å². The molecule has 0 aliphatic carbocycles. The molecular formula is C19H19F2N3O4. The summed E-state index contributed by atoms with van der Waals surface area (Å²) in [6, 6.07) is 4.92. The van der Waals surface area contributed by atoms with E-state index in [1.54, 1.807) is 13.8 Å². The van der Waals surface area contributed by atoms with E-state index in [9.17, 15) is 23.5 Å². The number of nitrogens with two attached hydrogens (primary N) is 1. The summed E-state index contributed by atoms with van der Waals surface area (Å²) in [6.45, 7) is 3.54. The van der Waals surface area contributed by atoms with Crippen molar-refractivity contribution in [3.05, 3.63) is 53.4 Å². The van der Waals surface area contributed by atoms with Gasteiger partial charge in [0.2, 0.25) is 5.82 Å². The van der Waals surface area contributed by atoms with Gasteiger partial charge in [-0.25, -0.2) is 4.39 Å². The van der Waals surface area contributed by atoms with Gasteiger partial charge in [-0.05, 0) is 31.0 Å². The van der Waals surface area contributed by atoms with E-state index in [2.05, 4.69) is 10.3 Å². The number of carbonyl (C=O) groups is 2. The number of halogens is 2. The second-order valence-electron chi connectivity index (χ2n) is 6.73. The average molecular weight is 391 g/mol. The topological polar surface area (TPSA) is 115 Å². The van der Waals surface area contributed by atoms with Crippen molar-refractivity contribution in [3.63, 3.8) is 0 Å². The van der Waals surface area contributed by atoms with E-state index in [-0.39, 0.29) is 29.0 Å². The summed E-state index contributed by atoms with van der Waals surface area (Å²) in [5.74, 6) is -5.67. The number of nitrogens with zero attached hydrogens (tertiary/aromatic N) is 1. The molecule has 4 N–H and O–H groups in total. The molecular weight excluding hydrogens is 372 g/mol. The lowest BCUT2D eigenvalue weighted by atomic mass is 9.82. The molecule has 0 bridgehead atoms. The predicted molar refractivity (Wildman–Crippen MR) is 95.6 cm³/mol. The van der Waals surface area contributed by atoms with E-state index >= 15 is 0 Å². The third-order valence-electron chi connectivity index (χ3n) is 4.99. The molecule has 28 heavy (non-hydrogen) atoms. The van der Waals surface area contributed by atoms with Crippen molar-refractivity contribution < 1.29 is 28.2 Å². The molecule has 0 unspecified atom stereocenters. The highest BCUT2D eigenvalue weighted by Gasteiger charge is 2.46. The number of pyridine rings is 1. The molecule has 1 aliphatic rings. The Morgan fingerprint density at radius 3 is 2.64 bits per heavy atom. The number of aromatic nitrogens is 1. The molecule has 9 heteroatoms. The Hall–Kier alpha value is -3.07. The lowest BCUT2D eigenvalue weighted by Crippen LogP contribution is -2.32. The van der Waals surface area contributed by atoms with Crippen molar-refractivity contribution in [3.8, 4) is 5.75 Å². The van der Waals surface area contributed by atoms with Crippen LogP contribution in [0.3, 0.4) is 0 Å². The highest BCUT2D eigenvalue weighted by atomic mass is 19.2. The van der Waals surface area contributed by atoms with Crippen molar-refractivity contribution in [2.45, 2.75) is 32.0 Å². The number of nitrogens with one attached hydrogen (secondary N) is 1. The molecule has 2 aromatic rings. The van der Waals surface area contributed by atoms with Crippen molar-refractivity contribution in [2.75, 3.05) is 5.32 Å². The summed E-state index contributed by atoms with van der Waals surface area (Å²) >= 11 is 0. The first kappa shape index (κ1) is 19.7. The fourth-order valence-corrected chi connectivity index (χ4v) is 3.36. The van der Waals surface area contributed by atoms with Crippen molar-refractivity contribution in [1.82, 2.24) is 4.98 Å². The van der Waals surface area contributed by atoms with Crippen molar-refractivity contribution in [1.29, 1.82) is 0 Å². The molecule has 0 radical (unpaired) electrons. The zero-order chi connectivity index (χ0) is 20.6. The first-order chi connectivity index (χ1) is 13.2. The van der Waals surface area contributed by atoms with Crippen molar-refractivity contribution in [2.24, 2.45) is 11.7 Å². The standard InChI is InChI=1S/C19H19F2N3O4/c1-8-9(2)28-17(14(8)11-3-4-12(20)15(21)16(11)25)19(27)24-10-5-6-23-13(7-10)18(22)26/h3-9,14,17,25H,1-2H3,(H2,22,26)(H,23,24,27)/t8-,9-,14+,17-/m1/s1. The van der Waals surface area contributed by atoms with E-state index in [4.69, 9.17) is 10.5 Å². The van der Waals surface area contributed by atoms with Gasteiger partial charge in [-0.2, -0.15) is 4.39 Å². The van der Waals surface area contributed by atoms with Gasteiger partial charge < -0.3 is 20.9 Å². The molecule has 148 valence electrons. The van der Waals surface area contributed by atoms with Crippen molar-refractivity contribution >= 4 is 17.5 Å². The largest absolute Gasteiger partial charge is 0.505 e. The molecule has 2 heterocycles. The van der Waals surface area contributed by atoms with Gasteiger partial charge in [0.1, 0.15) is 11.8 Å². The highest BCUT2D eigenvalue weighted by molar-refractivity contribution is 5.97. The number of phenolic OH excluding ortho intramolecular Hbond substituents is 1. The minimum atomic E-state index is -1.37. The number of carbonyl (C=O) groups excluding carboxylic acids is 2. The predicted octanol–water partition coefficient (Wildman–Crippen LogP) is 2.31. The number of hydrogen-bond acceptors (Lipinski definition) is 5. The zero-order valence-corrected chi connectivity index (χ0v) is 15.1. The second-order valence-corrected chi connectivity index (χ2v) is 6.73. The molecule has 0 saturated carbocycles. The Morgan fingerprint density at radius 2 is 1.96 bits per heavy atom. The van der Waals surface area contributed by atoms with Gasteiger partial charge in [0.05, 0.1) is 6.10 Å². The first-order valence-corrected chi connectivity index (χ1v) is 8.59. The van der Waals surface area contributed by atoms with Crippen LogP contribution >= 0.6 is 0 Å². The number of anilines is 1. The van der Waals surface area contributed by atoms with Gasteiger partial charge in [0, 0.05) is 23.4 Å². The third-order valence-corrected chi connectivity index (χ3v) is 4.99. The summed E-state index contributed by atoms with van der Waals surface area (Å²) in [5, 5.41) is 12.7. The maximum absolute atomic E-state index is 13.8. The van der Waals surface area contributed by atoms with Gasteiger partial charge in [-0.15, -0.1) is 0 Å². The van der Waals surface area contributed by atoms with E-state index in [1.165, 1.54) is 24.4 Å². The Labute approximate surface area is 159 Å². The van der Waals surface area contributed by atoms with Gasteiger partial charge in [-0.3, -0.25) is 14.6 Å². The molecule has 1 aromatic heterocycles. The maximum Gasteiger partial charge on any atom is 0.267 e. The van der Waals surface area contributed by atoms with Crippen LogP contribution in [0.2, 0.25) is 0 Å². The van der Waals surface area contributed by atoms with E-state index in [0.717, 1.165) is 6.07 Å². The average Bonchev–Trinajstić information content (AvgIpc) is 2.95.